The van der Waals surface area contributed by atoms with Gasteiger partial charge in [0, 0.05) is 13.5 Å². The third kappa shape index (κ3) is 9.21. The second-order valence-corrected chi connectivity index (χ2v) is 3.24. The highest BCUT2D eigenvalue weighted by molar-refractivity contribution is 5.65. The molecule has 1 aromatic rings. The van der Waals surface area contributed by atoms with Gasteiger partial charge in [-0.3, -0.25) is 4.79 Å². The lowest BCUT2D eigenvalue weighted by Gasteiger charge is -1.96. The van der Waals surface area contributed by atoms with Gasteiger partial charge in [0.25, 0.3) is 0 Å². The molecule has 0 aromatic heterocycles. The van der Waals surface area contributed by atoms with Gasteiger partial charge >= 0.3 is 5.97 Å². The Morgan fingerprint density at radius 1 is 1.31 bits per heavy atom. The Morgan fingerprint density at radius 2 is 1.94 bits per heavy atom. The third-order valence-electron chi connectivity index (χ3n) is 1.81. The van der Waals surface area contributed by atoms with E-state index in [0.29, 0.717) is 6.61 Å². The Kier molecular flexibility index (Phi) is 9.32. The predicted molar refractivity (Wildman–Crippen MR) is 64.2 cm³/mol. The molecule has 1 aromatic carbocycles. The zero-order valence-electron chi connectivity index (χ0n) is 9.98. The van der Waals surface area contributed by atoms with Gasteiger partial charge in [0.05, 0.1) is 6.61 Å². The average Bonchev–Trinajstić information content (AvgIpc) is 2.28. The molecule has 1 N–H and O–H groups in total. The molecule has 0 amide bonds. The van der Waals surface area contributed by atoms with Crippen molar-refractivity contribution in [3.63, 3.8) is 0 Å². The van der Waals surface area contributed by atoms with Crippen LogP contribution in [0.4, 0.5) is 0 Å². The van der Waals surface area contributed by atoms with Crippen molar-refractivity contribution >= 4 is 5.97 Å². The van der Waals surface area contributed by atoms with E-state index in [4.69, 9.17) is 5.11 Å². The monoisotopic (exact) mass is 224 g/mol. The molecule has 0 saturated heterocycles. The fourth-order valence-corrected chi connectivity index (χ4v) is 1.13. The fraction of sp³-hybridized carbons (Fsp3) is 0.462. The minimum Gasteiger partial charge on any atom is -0.466 e. The molecular weight excluding hydrogens is 204 g/mol. The largest absolute Gasteiger partial charge is 0.466 e. The molecule has 16 heavy (non-hydrogen) atoms. The van der Waals surface area contributed by atoms with Crippen molar-refractivity contribution in [2.75, 3.05) is 13.2 Å². The van der Waals surface area contributed by atoms with Crippen LogP contribution in [-0.4, -0.2) is 24.3 Å². The number of benzene rings is 1. The topological polar surface area (TPSA) is 46.5 Å². The molecule has 0 aliphatic carbocycles. The van der Waals surface area contributed by atoms with Gasteiger partial charge < -0.3 is 9.84 Å². The van der Waals surface area contributed by atoms with Crippen LogP contribution in [0.3, 0.4) is 0 Å². The SMILES string of the molecule is CCOC(C)=O.OCCCc1ccccc1. The van der Waals surface area contributed by atoms with E-state index >= 15 is 0 Å². The normalized spacial score (nSPS) is 8.94. The zero-order valence-corrected chi connectivity index (χ0v) is 9.98. The van der Waals surface area contributed by atoms with Crippen LogP contribution in [0.15, 0.2) is 30.3 Å². The van der Waals surface area contributed by atoms with Gasteiger partial charge in [-0.05, 0) is 25.3 Å². The van der Waals surface area contributed by atoms with Crippen LogP contribution in [0.5, 0.6) is 0 Å². The van der Waals surface area contributed by atoms with Gasteiger partial charge in [-0.25, -0.2) is 0 Å². The maximum Gasteiger partial charge on any atom is 0.302 e. The summed E-state index contributed by atoms with van der Waals surface area (Å²) >= 11 is 0. The summed E-state index contributed by atoms with van der Waals surface area (Å²) < 4.78 is 4.40. The Labute approximate surface area is 97.1 Å². The van der Waals surface area contributed by atoms with Crippen molar-refractivity contribution in [3.05, 3.63) is 35.9 Å². The number of aryl methyl sites for hydroxylation is 1. The van der Waals surface area contributed by atoms with Gasteiger partial charge in [-0.2, -0.15) is 0 Å². The van der Waals surface area contributed by atoms with E-state index in [-0.39, 0.29) is 12.6 Å². The molecule has 0 atom stereocenters. The summed E-state index contributed by atoms with van der Waals surface area (Å²) in [6, 6.07) is 10.2. The minimum atomic E-state index is -0.211. The molecule has 0 spiro atoms. The lowest BCUT2D eigenvalue weighted by Crippen LogP contribution is -1.95. The van der Waals surface area contributed by atoms with Crippen molar-refractivity contribution in [1.29, 1.82) is 0 Å². The average molecular weight is 224 g/mol. The highest BCUT2D eigenvalue weighted by Gasteiger charge is 1.88. The van der Waals surface area contributed by atoms with Crippen molar-refractivity contribution in [2.45, 2.75) is 26.7 Å². The first kappa shape index (κ1) is 14.6. The summed E-state index contributed by atoms with van der Waals surface area (Å²) in [5, 5.41) is 8.53. The first-order valence-electron chi connectivity index (χ1n) is 5.48. The smallest absolute Gasteiger partial charge is 0.302 e. The van der Waals surface area contributed by atoms with Crippen molar-refractivity contribution < 1.29 is 14.6 Å². The summed E-state index contributed by atoms with van der Waals surface area (Å²) in [4.78, 5) is 9.82. The van der Waals surface area contributed by atoms with Gasteiger partial charge in [0.15, 0.2) is 0 Å². The summed E-state index contributed by atoms with van der Waals surface area (Å²) in [5.74, 6) is -0.211. The highest BCUT2D eigenvalue weighted by Crippen LogP contribution is 2.00. The van der Waals surface area contributed by atoms with E-state index in [9.17, 15) is 4.79 Å². The molecule has 0 heterocycles. The molecule has 0 aliphatic heterocycles. The van der Waals surface area contributed by atoms with Crippen molar-refractivity contribution in [3.8, 4) is 0 Å². The van der Waals surface area contributed by atoms with E-state index in [2.05, 4.69) is 16.9 Å². The first-order chi connectivity index (χ1) is 7.70. The lowest BCUT2D eigenvalue weighted by atomic mass is 10.1. The molecule has 0 bridgehead atoms. The van der Waals surface area contributed by atoms with Crippen LogP contribution in [0.2, 0.25) is 0 Å². The second-order valence-electron chi connectivity index (χ2n) is 3.24. The van der Waals surface area contributed by atoms with E-state index in [1.54, 1.807) is 6.92 Å². The fourth-order valence-electron chi connectivity index (χ4n) is 1.13. The van der Waals surface area contributed by atoms with Gasteiger partial charge in [-0.1, -0.05) is 30.3 Å². The number of carbonyl (C=O) groups excluding carboxylic acids is 1. The number of hydrogen-bond acceptors (Lipinski definition) is 3. The number of hydrogen-bond donors (Lipinski definition) is 1. The quantitative estimate of drug-likeness (QED) is 0.797. The molecule has 0 aliphatic rings. The molecule has 3 nitrogen and oxygen atoms in total. The third-order valence-corrected chi connectivity index (χ3v) is 1.81. The number of esters is 1. The highest BCUT2D eigenvalue weighted by atomic mass is 16.5. The summed E-state index contributed by atoms with van der Waals surface area (Å²) in [6.45, 7) is 3.94. The number of aliphatic hydroxyl groups excluding tert-OH is 1. The van der Waals surface area contributed by atoms with Crippen LogP contribution in [0.1, 0.15) is 25.8 Å². The van der Waals surface area contributed by atoms with Gasteiger partial charge in [0.2, 0.25) is 0 Å². The van der Waals surface area contributed by atoms with Crippen LogP contribution >= 0.6 is 0 Å². The van der Waals surface area contributed by atoms with Gasteiger partial charge in [0.1, 0.15) is 0 Å². The molecule has 1 rings (SSSR count). The number of aliphatic hydroxyl groups is 1. The van der Waals surface area contributed by atoms with Crippen LogP contribution < -0.4 is 0 Å². The predicted octanol–water partition coefficient (Wildman–Crippen LogP) is 2.18. The molecule has 0 unspecified atom stereocenters. The Morgan fingerprint density at radius 3 is 2.31 bits per heavy atom. The Balaban J connectivity index is 0.000000325. The van der Waals surface area contributed by atoms with Crippen LogP contribution in [0, 0.1) is 0 Å². The molecule has 0 radical (unpaired) electrons. The van der Waals surface area contributed by atoms with E-state index in [1.165, 1.54) is 12.5 Å². The minimum absolute atomic E-state index is 0.211. The maximum absolute atomic E-state index is 9.82. The lowest BCUT2D eigenvalue weighted by molar-refractivity contribution is -0.140. The zero-order chi connectivity index (χ0) is 12.2. The van der Waals surface area contributed by atoms with Crippen molar-refractivity contribution in [1.82, 2.24) is 0 Å². The van der Waals surface area contributed by atoms with Crippen LogP contribution in [0.25, 0.3) is 0 Å². The standard InChI is InChI=1S/C9H12O.C4H8O2/c10-8-4-7-9-5-2-1-3-6-9;1-3-6-4(2)5/h1-3,5-6,10H,4,7-8H2;3H2,1-2H3. The number of ether oxygens (including phenoxy) is 1. The molecule has 90 valence electrons. The number of carbonyl (C=O) groups is 1. The molecular formula is C13H20O3. The van der Waals surface area contributed by atoms with E-state index in [1.807, 2.05) is 18.2 Å². The van der Waals surface area contributed by atoms with Crippen molar-refractivity contribution in [2.24, 2.45) is 0 Å². The second kappa shape index (κ2) is 10.2. The molecule has 0 fully saturated rings. The first-order valence-corrected chi connectivity index (χ1v) is 5.48. The summed E-state index contributed by atoms with van der Waals surface area (Å²) in [6.07, 6.45) is 1.85. The van der Waals surface area contributed by atoms with Gasteiger partial charge in [-0.15, -0.1) is 0 Å². The molecule has 3 heteroatoms. The Bertz CT molecular complexity index is 270. The maximum atomic E-state index is 9.82. The summed E-state index contributed by atoms with van der Waals surface area (Å²) in [5.41, 5.74) is 1.30. The molecule has 0 saturated carbocycles. The van der Waals surface area contributed by atoms with E-state index < -0.39 is 0 Å². The van der Waals surface area contributed by atoms with E-state index in [0.717, 1.165) is 12.8 Å². The number of rotatable bonds is 4. The Hall–Kier alpha value is -1.35. The van der Waals surface area contributed by atoms with Crippen LogP contribution in [-0.2, 0) is 16.0 Å². The summed E-state index contributed by atoms with van der Waals surface area (Å²) in [7, 11) is 0.